The molecule has 6 heteroatoms. The van der Waals surface area contributed by atoms with E-state index in [1.807, 2.05) is 54.6 Å². The highest BCUT2D eigenvalue weighted by Crippen LogP contribution is 2.26. The van der Waals surface area contributed by atoms with Gasteiger partial charge in [-0.2, -0.15) is 0 Å². The molecule has 0 aliphatic carbocycles. The molecule has 0 saturated carbocycles. The van der Waals surface area contributed by atoms with Gasteiger partial charge in [0.25, 0.3) is 11.8 Å². The molecule has 1 atom stereocenters. The van der Waals surface area contributed by atoms with Crippen LogP contribution in [0.5, 0.6) is 0 Å². The first-order valence-electron chi connectivity index (χ1n) is 10.9. The number of nitrogens with one attached hydrogen (secondary N) is 1. The van der Waals surface area contributed by atoms with Gasteiger partial charge in [-0.15, -0.1) is 0 Å². The molecule has 3 amide bonds. The highest BCUT2D eigenvalue weighted by atomic mass is 16.3. The SMILES string of the molecule is CC(C)(O)c1ccc(CNC(=O)C(Cc2ccccc2)N2C(=O)c3ccccc3C2=O)cc1. The van der Waals surface area contributed by atoms with E-state index in [9.17, 15) is 19.5 Å². The van der Waals surface area contributed by atoms with E-state index in [-0.39, 0.29) is 13.0 Å². The summed E-state index contributed by atoms with van der Waals surface area (Å²) in [5.41, 5.74) is 2.14. The third kappa shape index (κ3) is 4.71. The van der Waals surface area contributed by atoms with E-state index in [4.69, 9.17) is 0 Å². The van der Waals surface area contributed by atoms with Crippen molar-refractivity contribution in [2.45, 2.75) is 38.5 Å². The van der Waals surface area contributed by atoms with Crippen LogP contribution in [-0.2, 0) is 23.4 Å². The fourth-order valence-electron chi connectivity index (χ4n) is 3.97. The molecule has 0 aromatic heterocycles. The first-order chi connectivity index (χ1) is 15.8. The van der Waals surface area contributed by atoms with Crippen molar-refractivity contribution in [2.75, 3.05) is 0 Å². The molecule has 1 unspecified atom stereocenters. The summed E-state index contributed by atoms with van der Waals surface area (Å²) in [5.74, 6) is -1.32. The van der Waals surface area contributed by atoms with Crippen LogP contribution in [0.3, 0.4) is 0 Å². The largest absolute Gasteiger partial charge is 0.386 e. The van der Waals surface area contributed by atoms with Crippen LogP contribution in [0.15, 0.2) is 78.9 Å². The number of carbonyl (C=O) groups is 3. The molecule has 2 N–H and O–H groups in total. The molecule has 3 aromatic rings. The van der Waals surface area contributed by atoms with Crippen molar-refractivity contribution in [3.63, 3.8) is 0 Å². The van der Waals surface area contributed by atoms with Crippen molar-refractivity contribution in [1.29, 1.82) is 0 Å². The lowest BCUT2D eigenvalue weighted by atomic mass is 9.97. The molecule has 33 heavy (non-hydrogen) atoms. The van der Waals surface area contributed by atoms with E-state index in [1.165, 1.54) is 0 Å². The Kier molecular flexibility index (Phi) is 6.11. The topological polar surface area (TPSA) is 86.7 Å². The number of aliphatic hydroxyl groups is 1. The number of hydrogen-bond donors (Lipinski definition) is 2. The minimum absolute atomic E-state index is 0.218. The maximum absolute atomic E-state index is 13.3. The number of carbonyl (C=O) groups excluding carboxylic acids is 3. The summed E-state index contributed by atoms with van der Waals surface area (Å²) in [4.78, 5) is 40.5. The van der Waals surface area contributed by atoms with E-state index in [2.05, 4.69) is 5.32 Å². The number of nitrogens with zero attached hydrogens (tertiary/aromatic N) is 1. The van der Waals surface area contributed by atoms with E-state index < -0.39 is 29.4 Å². The van der Waals surface area contributed by atoms with Gasteiger partial charge in [-0.3, -0.25) is 19.3 Å². The number of fused-ring (bicyclic) bond motifs is 1. The predicted molar refractivity (Wildman–Crippen MR) is 124 cm³/mol. The predicted octanol–water partition coefficient (Wildman–Crippen LogP) is 3.44. The summed E-state index contributed by atoms with van der Waals surface area (Å²) < 4.78 is 0. The van der Waals surface area contributed by atoms with Crippen LogP contribution >= 0.6 is 0 Å². The van der Waals surface area contributed by atoms with Gasteiger partial charge in [-0.1, -0.05) is 66.7 Å². The molecule has 168 valence electrons. The highest BCUT2D eigenvalue weighted by Gasteiger charge is 2.42. The minimum Gasteiger partial charge on any atom is -0.386 e. The first-order valence-corrected chi connectivity index (χ1v) is 10.9. The quantitative estimate of drug-likeness (QED) is 0.549. The van der Waals surface area contributed by atoms with Gasteiger partial charge in [0.05, 0.1) is 16.7 Å². The average molecular weight is 443 g/mol. The summed E-state index contributed by atoms with van der Waals surface area (Å²) in [5, 5.41) is 13.0. The second-order valence-corrected chi connectivity index (χ2v) is 8.71. The minimum atomic E-state index is -0.976. The number of hydrogen-bond acceptors (Lipinski definition) is 4. The highest BCUT2D eigenvalue weighted by molar-refractivity contribution is 6.22. The second-order valence-electron chi connectivity index (χ2n) is 8.71. The molecular weight excluding hydrogens is 416 g/mol. The molecule has 0 fully saturated rings. The average Bonchev–Trinajstić information content (AvgIpc) is 3.06. The Morgan fingerprint density at radius 1 is 0.848 bits per heavy atom. The summed E-state index contributed by atoms with van der Waals surface area (Å²) in [6, 6.07) is 22.3. The number of rotatable bonds is 7. The van der Waals surface area contributed by atoms with E-state index in [0.717, 1.165) is 21.6 Å². The van der Waals surface area contributed by atoms with Crippen LogP contribution in [0, 0.1) is 0 Å². The second kappa shape index (κ2) is 9.00. The Morgan fingerprint density at radius 3 is 1.94 bits per heavy atom. The lowest BCUT2D eigenvalue weighted by Crippen LogP contribution is -2.50. The molecule has 0 spiro atoms. The molecule has 0 saturated heterocycles. The van der Waals surface area contributed by atoms with Gasteiger partial charge in [0.1, 0.15) is 6.04 Å². The molecule has 3 aromatic carbocycles. The smallest absolute Gasteiger partial charge is 0.262 e. The normalized spacial score (nSPS) is 14.2. The van der Waals surface area contributed by atoms with Crippen molar-refractivity contribution >= 4 is 17.7 Å². The third-order valence-electron chi connectivity index (χ3n) is 5.84. The molecule has 6 nitrogen and oxygen atoms in total. The Morgan fingerprint density at radius 2 is 1.39 bits per heavy atom. The Balaban J connectivity index is 1.56. The van der Waals surface area contributed by atoms with Crippen molar-refractivity contribution in [1.82, 2.24) is 10.2 Å². The number of imide groups is 1. The van der Waals surface area contributed by atoms with E-state index in [1.54, 1.807) is 38.1 Å². The molecule has 0 bridgehead atoms. The van der Waals surface area contributed by atoms with E-state index in [0.29, 0.717) is 11.1 Å². The van der Waals surface area contributed by atoms with Gasteiger partial charge in [0, 0.05) is 13.0 Å². The van der Waals surface area contributed by atoms with Crippen molar-refractivity contribution in [3.05, 3.63) is 107 Å². The van der Waals surface area contributed by atoms with Crippen LogP contribution in [0.1, 0.15) is 51.3 Å². The zero-order chi connectivity index (χ0) is 23.6. The van der Waals surface area contributed by atoms with Crippen LogP contribution in [0.25, 0.3) is 0 Å². The lowest BCUT2D eigenvalue weighted by molar-refractivity contribution is -0.125. The fourth-order valence-corrected chi connectivity index (χ4v) is 3.97. The lowest BCUT2D eigenvalue weighted by Gasteiger charge is -2.25. The van der Waals surface area contributed by atoms with Crippen LogP contribution in [0.2, 0.25) is 0 Å². The Bertz CT molecular complexity index is 1150. The monoisotopic (exact) mass is 442 g/mol. The first kappa shape index (κ1) is 22.4. The maximum atomic E-state index is 13.3. The molecular formula is C27H26N2O4. The van der Waals surface area contributed by atoms with Gasteiger partial charge in [0.15, 0.2) is 0 Å². The standard InChI is InChI=1S/C27H26N2O4/c1-27(2,33)20-14-12-19(13-15-20)17-28-24(30)23(16-18-8-4-3-5-9-18)29-25(31)21-10-6-7-11-22(21)26(29)32/h3-15,23,33H,16-17H2,1-2H3,(H,28,30). The summed E-state index contributed by atoms with van der Waals surface area (Å²) in [6.45, 7) is 3.65. The molecule has 4 rings (SSSR count). The summed E-state index contributed by atoms with van der Waals surface area (Å²) in [7, 11) is 0. The Labute approximate surface area is 192 Å². The van der Waals surface area contributed by atoms with Crippen molar-refractivity contribution in [2.24, 2.45) is 0 Å². The van der Waals surface area contributed by atoms with Gasteiger partial charge in [-0.25, -0.2) is 0 Å². The summed E-state index contributed by atoms with van der Waals surface area (Å²) >= 11 is 0. The Hall–Kier alpha value is -3.77. The van der Waals surface area contributed by atoms with Gasteiger partial charge >= 0.3 is 0 Å². The molecule has 0 radical (unpaired) electrons. The number of benzene rings is 3. The number of amides is 3. The fraction of sp³-hybridized carbons (Fsp3) is 0.222. The van der Waals surface area contributed by atoms with E-state index >= 15 is 0 Å². The molecule has 1 aliphatic rings. The van der Waals surface area contributed by atoms with Gasteiger partial charge in [-0.05, 0) is 42.7 Å². The van der Waals surface area contributed by atoms with Gasteiger partial charge < -0.3 is 10.4 Å². The van der Waals surface area contributed by atoms with Crippen LogP contribution in [0.4, 0.5) is 0 Å². The summed E-state index contributed by atoms with van der Waals surface area (Å²) in [6.07, 6.45) is 0.218. The third-order valence-corrected chi connectivity index (χ3v) is 5.84. The zero-order valence-corrected chi connectivity index (χ0v) is 18.6. The van der Waals surface area contributed by atoms with Crippen molar-refractivity contribution in [3.8, 4) is 0 Å². The van der Waals surface area contributed by atoms with Crippen LogP contribution < -0.4 is 5.32 Å². The zero-order valence-electron chi connectivity index (χ0n) is 18.6. The maximum Gasteiger partial charge on any atom is 0.262 e. The van der Waals surface area contributed by atoms with Crippen LogP contribution in [-0.4, -0.2) is 33.8 Å². The van der Waals surface area contributed by atoms with Crippen molar-refractivity contribution < 1.29 is 19.5 Å². The molecule has 1 aliphatic heterocycles. The van der Waals surface area contributed by atoms with Gasteiger partial charge in [0.2, 0.25) is 5.91 Å². The molecule has 1 heterocycles.